The van der Waals surface area contributed by atoms with Gasteiger partial charge in [0.2, 0.25) is 0 Å². The standard InChI is InChI=1S/C16H23FN2O2S/c1-22-10-13-7-14(17)4-3-12(13)9-19-16(21)18-8-11-2-5-15(20)6-11/h3-4,7,11,15,20H,2,5-6,8-10H2,1H3,(H2,18,19,21)/t11-,15-/m1/s1. The zero-order valence-electron chi connectivity index (χ0n) is 12.8. The topological polar surface area (TPSA) is 61.4 Å². The van der Waals surface area contributed by atoms with Gasteiger partial charge < -0.3 is 15.7 Å². The third kappa shape index (κ3) is 5.18. The molecule has 4 nitrogen and oxygen atoms in total. The molecule has 122 valence electrons. The highest BCUT2D eigenvalue weighted by Gasteiger charge is 2.22. The van der Waals surface area contributed by atoms with Crippen molar-refractivity contribution in [1.82, 2.24) is 10.6 Å². The highest BCUT2D eigenvalue weighted by molar-refractivity contribution is 7.97. The lowest BCUT2D eigenvalue weighted by atomic mass is 10.1. The molecule has 1 fully saturated rings. The molecule has 0 bridgehead atoms. The number of hydrogen-bond acceptors (Lipinski definition) is 3. The predicted molar refractivity (Wildman–Crippen MR) is 87.2 cm³/mol. The minimum absolute atomic E-state index is 0.219. The monoisotopic (exact) mass is 326 g/mol. The normalized spacial score (nSPS) is 20.9. The molecule has 1 aromatic carbocycles. The molecule has 2 rings (SSSR count). The van der Waals surface area contributed by atoms with Crippen LogP contribution < -0.4 is 10.6 Å². The van der Waals surface area contributed by atoms with Gasteiger partial charge in [0, 0.05) is 18.8 Å². The second-order valence-corrected chi connectivity index (χ2v) is 6.61. The Hall–Kier alpha value is -1.27. The number of carbonyl (C=O) groups excluding carboxylic acids is 1. The number of rotatable bonds is 6. The molecule has 0 aliphatic heterocycles. The van der Waals surface area contributed by atoms with E-state index in [4.69, 9.17) is 0 Å². The van der Waals surface area contributed by atoms with Crippen molar-refractivity contribution < 1.29 is 14.3 Å². The molecule has 0 aromatic heterocycles. The molecule has 0 unspecified atom stereocenters. The minimum Gasteiger partial charge on any atom is -0.393 e. The Labute approximate surface area is 134 Å². The first-order chi connectivity index (χ1) is 10.6. The number of benzene rings is 1. The number of thioether (sulfide) groups is 1. The van der Waals surface area contributed by atoms with E-state index in [0.29, 0.717) is 19.0 Å². The van der Waals surface area contributed by atoms with Crippen molar-refractivity contribution in [2.75, 3.05) is 12.8 Å². The molecule has 1 aliphatic rings. The number of nitrogens with one attached hydrogen (secondary N) is 2. The average molecular weight is 326 g/mol. The smallest absolute Gasteiger partial charge is 0.315 e. The molecule has 0 radical (unpaired) electrons. The molecule has 0 heterocycles. The molecule has 6 heteroatoms. The number of aliphatic hydroxyl groups excluding tert-OH is 1. The van der Waals surface area contributed by atoms with Crippen LogP contribution in [0.3, 0.4) is 0 Å². The van der Waals surface area contributed by atoms with Gasteiger partial charge in [-0.2, -0.15) is 11.8 Å². The number of urea groups is 1. The van der Waals surface area contributed by atoms with E-state index >= 15 is 0 Å². The number of aliphatic hydroxyl groups is 1. The summed E-state index contributed by atoms with van der Waals surface area (Å²) >= 11 is 1.62. The van der Waals surface area contributed by atoms with E-state index in [-0.39, 0.29) is 18.0 Å². The van der Waals surface area contributed by atoms with Crippen molar-refractivity contribution in [3.8, 4) is 0 Å². The first-order valence-electron chi connectivity index (χ1n) is 7.54. The second-order valence-electron chi connectivity index (χ2n) is 5.74. The van der Waals surface area contributed by atoms with Crippen molar-refractivity contribution in [3.05, 3.63) is 35.1 Å². The number of carbonyl (C=O) groups is 1. The van der Waals surface area contributed by atoms with Gasteiger partial charge in [-0.3, -0.25) is 0 Å². The Morgan fingerprint density at radius 2 is 2.18 bits per heavy atom. The summed E-state index contributed by atoms with van der Waals surface area (Å²) in [5.74, 6) is 0.826. The van der Waals surface area contributed by atoms with E-state index in [9.17, 15) is 14.3 Å². The van der Waals surface area contributed by atoms with E-state index in [0.717, 1.165) is 36.1 Å². The van der Waals surface area contributed by atoms with Crippen molar-refractivity contribution >= 4 is 17.8 Å². The summed E-state index contributed by atoms with van der Waals surface area (Å²) in [7, 11) is 0. The quantitative estimate of drug-likeness (QED) is 0.753. The van der Waals surface area contributed by atoms with Gasteiger partial charge in [0.25, 0.3) is 0 Å². The molecule has 2 amide bonds. The minimum atomic E-state index is -0.253. The molecule has 0 spiro atoms. The molecule has 2 atom stereocenters. The van der Waals surface area contributed by atoms with Gasteiger partial charge in [0.15, 0.2) is 0 Å². The van der Waals surface area contributed by atoms with Gasteiger partial charge in [-0.25, -0.2) is 9.18 Å². The molecular weight excluding hydrogens is 303 g/mol. The Kier molecular flexibility index (Phi) is 6.51. The Morgan fingerprint density at radius 1 is 1.36 bits per heavy atom. The maximum Gasteiger partial charge on any atom is 0.315 e. The Bertz CT molecular complexity index is 513. The molecule has 1 aromatic rings. The summed E-state index contributed by atoms with van der Waals surface area (Å²) in [5.41, 5.74) is 1.84. The van der Waals surface area contributed by atoms with Gasteiger partial charge >= 0.3 is 6.03 Å². The van der Waals surface area contributed by atoms with Crippen LogP contribution in [0.2, 0.25) is 0 Å². The summed E-state index contributed by atoms with van der Waals surface area (Å²) in [4.78, 5) is 11.8. The van der Waals surface area contributed by atoms with Crippen LogP contribution >= 0.6 is 11.8 Å². The van der Waals surface area contributed by atoms with E-state index < -0.39 is 0 Å². The van der Waals surface area contributed by atoms with Crippen molar-refractivity contribution in [1.29, 1.82) is 0 Å². The maximum absolute atomic E-state index is 13.3. The number of halogens is 1. The maximum atomic E-state index is 13.3. The zero-order valence-corrected chi connectivity index (χ0v) is 13.6. The number of hydrogen-bond donors (Lipinski definition) is 3. The van der Waals surface area contributed by atoms with Crippen LogP contribution in [0, 0.1) is 11.7 Å². The summed E-state index contributed by atoms with van der Waals surface area (Å²) in [6, 6.07) is 4.43. The second kappa shape index (κ2) is 8.39. The predicted octanol–water partition coefficient (Wildman–Crippen LogP) is 2.65. The third-order valence-electron chi connectivity index (χ3n) is 3.97. The van der Waals surface area contributed by atoms with E-state index in [1.807, 2.05) is 6.26 Å². The molecule has 3 N–H and O–H groups in total. The molecular formula is C16H23FN2O2S. The fourth-order valence-corrected chi connectivity index (χ4v) is 3.35. The first kappa shape index (κ1) is 17.1. The van der Waals surface area contributed by atoms with Crippen LogP contribution in [0.25, 0.3) is 0 Å². The lowest BCUT2D eigenvalue weighted by Gasteiger charge is -2.13. The van der Waals surface area contributed by atoms with Gasteiger partial charge in [-0.05, 0) is 54.7 Å². The van der Waals surface area contributed by atoms with Crippen LogP contribution in [-0.2, 0) is 12.3 Å². The third-order valence-corrected chi connectivity index (χ3v) is 4.57. The summed E-state index contributed by atoms with van der Waals surface area (Å²) in [5, 5.41) is 15.1. The van der Waals surface area contributed by atoms with Crippen molar-refractivity contribution in [2.45, 2.75) is 37.7 Å². The molecule has 22 heavy (non-hydrogen) atoms. The van der Waals surface area contributed by atoms with Crippen molar-refractivity contribution in [2.24, 2.45) is 5.92 Å². The molecule has 0 saturated heterocycles. The van der Waals surface area contributed by atoms with E-state index in [2.05, 4.69) is 10.6 Å². The highest BCUT2D eigenvalue weighted by atomic mass is 32.2. The van der Waals surface area contributed by atoms with Gasteiger partial charge in [0.1, 0.15) is 5.82 Å². The average Bonchev–Trinajstić information content (AvgIpc) is 2.90. The van der Waals surface area contributed by atoms with Gasteiger partial charge in [-0.1, -0.05) is 6.07 Å². The van der Waals surface area contributed by atoms with Crippen LogP contribution in [0.1, 0.15) is 30.4 Å². The first-order valence-corrected chi connectivity index (χ1v) is 8.94. The van der Waals surface area contributed by atoms with Crippen LogP contribution in [0.5, 0.6) is 0 Å². The van der Waals surface area contributed by atoms with Crippen molar-refractivity contribution in [3.63, 3.8) is 0 Å². The Balaban J connectivity index is 1.78. The summed E-state index contributed by atoms with van der Waals surface area (Å²) in [6.45, 7) is 0.972. The fraction of sp³-hybridized carbons (Fsp3) is 0.562. The SMILES string of the molecule is CSCc1cc(F)ccc1CNC(=O)NC[C@@H]1CC[C@@H](O)C1. The lowest BCUT2D eigenvalue weighted by molar-refractivity contribution is 0.177. The van der Waals surface area contributed by atoms with Crippen LogP contribution in [-0.4, -0.2) is 30.0 Å². The highest BCUT2D eigenvalue weighted by Crippen LogP contribution is 2.24. The van der Waals surface area contributed by atoms with E-state index in [1.165, 1.54) is 12.1 Å². The number of amides is 2. The van der Waals surface area contributed by atoms with Crippen LogP contribution in [0.15, 0.2) is 18.2 Å². The molecule has 1 saturated carbocycles. The summed E-state index contributed by atoms with van der Waals surface area (Å²) < 4.78 is 13.3. The van der Waals surface area contributed by atoms with Crippen LogP contribution in [0.4, 0.5) is 9.18 Å². The lowest BCUT2D eigenvalue weighted by Crippen LogP contribution is -2.37. The van der Waals surface area contributed by atoms with Gasteiger partial charge in [0.05, 0.1) is 6.10 Å². The summed E-state index contributed by atoms with van der Waals surface area (Å²) in [6.07, 6.45) is 4.28. The van der Waals surface area contributed by atoms with Gasteiger partial charge in [-0.15, -0.1) is 0 Å². The fourth-order valence-electron chi connectivity index (χ4n) is 2.77. The van der Waals surface area contributed by atoms with E-state index in [1.54, 1.807) is 17.8 Å². The Morgan fingerprint density at radius 3 is 2.86 bits per heavy atom. The largest absolute Gasteiger partial charge is 0.393 e. The zero-order chi connectivity index (χ0) is 15.9. The molecule has 1 aliphatic carbocycles.